The molecule has 0 saturated carbocycles. The average Bonchev–Trinajstić information content (AvgIpc) is 2.41. The molecule has 1 unspecified atom stereocenters. The molecule has 0 saturated heterocycles. The smallest absolute Gasteiger partial charge is 0.186 e. The Morgan fingerprint density at radius 2 is 1.70 bits per heavy atom. The standard InChI is InChI=1S/C15H18N2O2S/c1-15(2,17-14-6-4-3-5-13(14)16)11-7-9-12(10-8-11)20(18)19/h3-10,17H,16H2,1-2H3,(H,18,19). The van der Waals surface area contributed by atoms with Gasteiger partial charge < -0.3 is 15.6 Å². The molecule has 0 aliphatic heterocycles. The number of hydrogen-bond donors (Lipinski definition) is 3. The van der Waals surface area contributed by atoms with Gasteiger partial charge >= 0.3 is 0 Å². The Hall–Kier alpha value is -1.85. The van der Waals surface area contributed by atoms with Crippen molar-refractivity contribution >= 4 is 22.5 Å². The van der Waals surface area contributed by atoms with Crippen LogP contribution in [0.25, 0.3) is 0 Å². The Labute approximate surface area is 121 Å². The first-order valence-corrected chi connectivity index (χ1v) is 7.35. The van der Waals surface area contributed by atoms with E-state index in [1.54, 1.807) is 12.1 Å². The molecule has 0 aliphatic rings. The fourth-order valence-electron chi connectivity index (χ4n) is 2.01. The summed E-state index contributed by atoms with van der Waals surface area (Å²) in [5, 5.41) is 3.39. The first-order chi connectivity index (χ1) is 9.40. The van der Waals surface area contributed by atoms with E-state index in [-0.39, 0.29) is 5.54 Å². The second-order valence-corrected chi connectivity index (χ2v) is 6.08. The lowest BCUT2D eigenvalue weighted by Crippen LogP contribution is -2.28. The van der Waals surface area contributed by atoms with Crippen molar-refractivity contribution < 1.29 is 8.76 Å². The maximum Gasteiger partial charge on any atom is 0.186 e. The van der Waals surface area contributed by atoms with Gasteiger partial charge in [-0.2, -0.15) is 0 Å². The summed E-state index contributed by atoms with van der Waals surface area (Å²) in [5.74, 6) is 0. The number of nitrogens with one attached hydrogen (secondary N) is 1. The highest BCUT2D eigenvalue weighted by molar-refractivity contribution is 7.79. The van der Waals surface area contributed by atoms with Gasteiger partial charge in [0.2, 0.25) is 0 Å². The summed E-state index contributed by atoms with van der Waals surface area (Å²) in [6.45, 7) is 4.06. The van der Waals surface area contributed by atoms with Crippen LogP contribution >= 0.6 is 0 Å². The highest BCUT2D eigenvalue weighted by Crippen LogP contribution is 2.29. The van der Waals surface area contributed by atoms with E-state index in [9.17, 15) is 4.21 Å². The summed E-state index contributed by atoms with van der Waals surface area (Å²) in [6, 6.07) is 14.6. The Bertz CT molecular complexity index is 624. The zero-order valence-electron chi connectivity index (χ0n) is 11.5. The normalized spacial score (nSPS) is 12.9. The predicted molar refractivity (Wildman–Crippen MR) is 83.0 cm³/mol. The van der Waals surface area contributed by atoms with Gasteiger partial charge in [-0.25, -0.2) is 4.21 Å². The van der Waals surface area contributed by atoms with Gasteiger partial charge in [0.15, 0.2) is 11.1 Å². The average molecular weight is 290 g/mol. The lowest BCUT2D eigenvalue weighted by atomic mass is 9.94. The Morgan fingerprint density at radius 3 is 2.25 bits per heavy atom. The minimum atomic E-state index is -1.95. The van der Waals surface area contributed by atoms with Crippen molar-refractivity contribution in [3.8, 4) is 0 Å². The van der Waals surface area contributed by atoms with E-state index < -0.39 is 11.1 Å². The number of anilines is 2. The highest BCUT2D eigenvalue weighted by Gasteiger charge is 2.21. The molecule has 106 valence electrons. The second-order valence-electron chi connectivity index (χ2n) is 5.11. The second kappa shape index (κ2) is 5.64. The van der Waals surface area contributed by atoms with Gasteiger partial charge in [-0.05, 0) is 43.7 Å². The van der Waals surface area contributed by atoms with Crippen LogP contribution in [-0.4, -0.2) is 8.76 Å². The molecule has 5 heteroatoms. The Balaban J connectivity index is 2.26. The van der Waals surface area contributed by atoms with Crippen molar-refractivity contribution in [2.75, 3.05) is 11.1 Å². The van der Waals surface area contributed by atoms with Crippen LogP contribution in [0.2, 0.25) is 0 Å². The molecule has 2 aromatic rings. The fourth-order valence-corrected chi connectivity index (χ4v) is 2.38. The number of rotatable bonds is 4. The summed E-state index contributed by atoms with van der Waals surface area (Å²) >= 11 is -1.95. The van der Waals surface area contributed by atoms with E-state index in [2.05, 4.69) is 5.32 Å². The van der Waals surface area contributed by atoms with Gasteiger partial charge in [0.05, 0.1) is 21.8 Å². The molecule has 4 nitrogen and oxygen atoms in total. The number of para-hydroxylation sites is 2. The molecule has 0 aromatic heterocycles. The van der Waals surface area contributed by atoms with Crippen molar-refractivity contribution in [2.24, 2.45) is 0 Å². The first kappa shape index (κ1) is 14.6. The topological polar surface area (TPSA) is 75.3 Å². The van der Waals surface area contributed by atoms with Crippen LogP contribution < -0.4 is 11.1 Å². The third-order valence-corrected chi connectivity index (χ3v) is 3.86. The minimum absolute atomic E-state index is 0.342. The molecule has 2 aromatic carbocycles. The van der Waals surface area contributed by atoms with Gasteiger partial charge in [0.25, 0.3) is 0 Å². The SMILES string of the molecule is CC(C)(Nc1ccccc1N)c1ccc(S(=O)O)cc1. The third kappa shape index (κ3) is 3.18. The monoisotopic (exact) mass is 290 g/mol. The summed E-state index contributed by atoms with van der Waals surface area (Å²) in [7, 11) is 0. The van der Waals surface area contributed by atoms with Gasteiger partial charge in [0.1, 0.15) is 0 Å². The molecule has 0 radical (unpaired) electrons. The molecule has 0 aliphatic carbocycles. The molecule has 2 rings (SSSR count). The van der Waals surface area contributed by atoms with E-state index in [0.717, 1.165) is 11.3 Å². The summed E-state index contributed by atoms with van der Waals surface area (Å²) in [5.41, 5.74) is 8.16. The molecule has 1 atom stereocenters. The number of benzene rings is 2. The number of hydrogen-bond acceptors (Lipinski definition) is 3. The van der Waals surface area contributed by atoms with Gasteiger partial charge in [-0.1, -0.05) is 24.3 Å². The zero-order chi connectivity index (χ0) is 14.8. The van der Waals surface area contributed by atoms with Gasteiger partial charge in [0, 0.05) is 0 Å². The summed E-state index contributed by atoms with van der Waals surface area (Å²) < 4.78 is 20.0. The van der Waals surface area contributed by atoms with Crippen LogP contribution in [-0.2, 0) is 16.6 Å². The molecule has 0 fully saturated rings. The molecule has 20 heavy (non-hydrogen) atoms. The first-order valence-electron chi connectivity index (χ1n) is 6.24. The van der Waals surface area contributed by atoms with Crippen molar-refractivity contribution in [2.45, 2.75) is 24.3 Å². The van der Waals surface area contributed by atoms with Crippen LogP contribution in [0.5, 0.6) is 0 Å². The van der Waals surface area contributed by atoms with Crippen LogP contribution in [0.3, 0.4) is 0 Å². The predicted octanol–water partition coefficient (Wildman–Crippen LogP) is 3.20. The van der Waals surface area contributed by atoms with E-state index in [4.69, 9.17) is 10.3 Å². The highest BCUT2D eigenvalue weighted by atomic mass is 32.2. The van der Waals surface area contributed by atoms with Crippen molar-refractivity contribution in [3.05, 3.63) is 54.1 Å². The summed E-state index contributed by atoms with van der Waals surface area (Å²) in [4.78, 5) is 0.392. The largest absolute Gasteiger partial charge is 0.397 e. The van der Waals surface area contributed by atoms with E-state index in [1.165, 1.54) is 0 Å². The van der Waals surface area contributed by atoms with Crippen LogP contribution in [0.1, 0.15) is 19.4 Å². The van der Waals surface area contributed by atoms with E-state index in [0.29, 0.717) is 10.6 Å². The lowest BCUT2D eigenvalue weighted by Gasteiger charge is -2.29. The van der Waals surface area contributed by atoms with E-state index >= 15 is 0 Å². The van der Waals surface area contributed by atoms with Crippen molar-refractivity contribution in [3.63, 3.8) is 0 Å². The van der Waals surface area contributed by atoms with Crippen LogP contribution in [0, 0.1) is 0 Å². The number of nitrogens with two attached hydrogens (primary N) is 1. The van der Waals surface area contributed by atoms with E-state index in [1.807, 2.05) is 50.2 Å². The molecule has 0 amide bonds. The molecular formula is C15H18N2O2S. The third-order valence-electron chi connectivity index (χ3n) is 3.19. The Morgan fingerprint density at radius 1 is 1.10 bits per heavy atom. The maximum absolute atomic E-state index is 11.0. The molecular weight excluding hydrogens is 272 g/mol. The molecule has 0 spiro atoms. The van der Waals surface area contributed by atoms with Gasteiger partial charge in [-0.15, -0.1) is 0 Å². The van der Waals surface area contributed by atoms with Crippen LogP contribution in [0.4, 0.5) is 11.4 Å². The van der Waals surface area contributed by atoms with Crippen LogP contribution in [0.15, 0.2) is 53.4 Å². The molecule has 4 N–H and O–H groups in total. The van der Waals surface area contributed by atoms with Crippen molar-refractivity contribution in [1.29, 1.82) is 0 Å². The zero-order valence-corrected chi connectivity index (χ0v) is 12.3. The quantitative estimate of drug-likeness (QED) is 0.597. The number of nitrogen functional groups attached to an aromatic ring is 1. The maximum atomic E-state index is 11.0. The van der Waals surface area contributed by atoms with Gasteiger partial charge in [-0.3, -0.25) is 0 Å². The fraction of sp³-hybridized carbons (Fsp3) is 0.200. The molecule has 0 bridgehead atoms. The van der Waals surface area contributed by atoms with Crippen molar-refractivity contribution in [1.82, 2.24) is 0 Å². The minimum Gasteiger partial charge on any atom is -0.397 e. The lowest BCUT2D eigenvalue weighted by molar-refractivity contribution is 0.563. The summed E-state index contributed by atoms with van der Waals surface area (Å²) in [6.07, 6.45) is 0. The molecule has 0 heterocycles. The Kier molecular flexibility index (Phi) is 4.11.